The number of halogens is 1. The number of hydrogen-bond donors (Lipinski definition) is 1. The molecular formula is C16H15BrO. The van der Waals surface area contributed by atoms with E-state index in [1.165, 1.54) is 11.1 Å². The van der Waals surface area contributed by atoms with E-state index in [4.69, 9.17) is 0 Å². The average Bonchev–Trinajstić information content (AvgIpc) is 2.36. The van der Waals surface area contributed by atoms with Gasteiger partial charge in [-0.25, -0.2) is 0 Å². The van der Waals surface area contributed by atoms with Crippen LogP contribution < -0.4 is 0 Å². The van der Waals surface area contributed by atoms with E-state index in [-0.39, 0.29) is 6.10 Å². The highest BCUT2D eigenvalue weighted by molar-refractivity contribution is 9.10. The highest BCUT2D eigenvalue weighted by Gasteiger charge is 2.27. The van der Waals surface area contributed by atoms with Crippen molar-refractivity contribution in [1.29, 1.82) is 0 Å². The Morgan fingerprint density at radius 2 is 1.83 bits per heavy atom. The van der Waals surface area contributed by atoms with Gasteiger partial charge in [0.05, 0.1) is 6.10 Å². The van der Waals surface area contributed by atoms with Crippen molar-refractivity contribution >= 4 is 15.9 Å². The minimum atomic E-state index is -0.364. The SMILES string of the molecule is OC(CC1Cc2ccccc21)c1ccc(Br)cc1. The number of benzene rings is 2. The minimum absolute atomic E-state index is 0.364. The summed E-state index contributed by atoms with van der Waals surface area (Å²) in [7, 11) is 0. The van der Waals surface area contributed by atoms with E-state index < -0.39 is 0 Å². The van der Waals surface area contributed by atoms with Crippen LogP contribution in [0.5, 0.6) is 0 Å². The molecule has 1 aliphatic rings. The van der Waals surface area contributed by atoms with Crippen molar-refractivity contribution in [3.63, 3.8) is 0 Å². The molecule has 0 amide bonds. The largest absolute Gasteiger partial charge is 0.388 e. The molecule has 1 nitrogen and oxygen atoms in total. The number of fused-ring (bicyclic) bond motifs is 1. The molecule has 1 N–H and O–H groups in total. The summed E-state index contributed by atoms with van der Waals surface area (Å²) < 4.78 is 1.05. The molecule has 0 spiro atoms. The highest BCUT2D eigenvalue weighted by Crippen LogP contribution is 2.40. The molecule has 92 valence electrons. The van der Waals surface area contributed by atoms with Crippen LogP contribution in [0.1, 0.15) is 35.1 Å². The highest BCUT2D eigenvalue weighted by atomic mass is 79.9. The standard InChI is InChI=1S/C16H15BrO/c17-14-7-5-11(6-8-14)16(18)10-13-9-12-3-1-2-4-15(12)13/h1-8,13,16,18H,9-10H2. The lowest BCUT2D eigenvalue weighted by atomic mass is 9.74. The third-order valence-corrected chi connectivity index (χ3v) is 4.25. The average molecular weight is 303 g/mol. The lowest BCUT2D eigenvalue weighted by molar-refractivity contribution is 0.153. The van der Waals surface area contributed by atoms with Gasteiger partial charge in [0.2, 0.25) is 0 Å². The van der Waals surface area contributed by atoms with E-state index in [2.05, 4.69) is 40.2 Å². The van der Waals surface area contributed by atoms with Crippen LogP contribution in [0.15, 0.2) is 53.0 Å². The predicted octanol–water partition coefficient (Wildman–Crippen LogP) is 4.21. The summed E-state index contributed by atoms with van der Waals surface area (Å²) in [4.78, 5) is 0. The number of aliphatic hydroxyl groups excluding tert-OH is 1. The molecule has 0 aliphatic heterocycles. The van der Waals surface area contributed by atoms with Crippen molar-refractivity contribution in [3.8, 4) is 0 Å². The Morgan fingerprint density at radius 1 is 1.11 bits per heavy atom. The molecular weight excluding hydrogens is 288 g/mol. The number of aliphatic hydroxyl groups is 1. The van der Waals surface area contributed by atoms with Gasteiger partial charge in [0.25, 0.3) is 0 Å². The maximum absolute atomic E-state index is 10.3. The zero-order chi connectivity index (χ0) is 12.5. The van der Waals surface area contributed by atoms with Crippen LogP contribution in [-0.4, -0.2) is 5.11 Å². The number of hydrogen-bond acceptors (Lipinski definition) is 1. The first-order chi connectivity index (χ1) is 8.74. The fourth-order valence-electron chi connectivity index (χ4n) is 2.66. The van der Waals surface area contributed by atoms with Crippen molar-refractivity contribution < 1.29 is 5.11 Å². The summed E-state index contributed by atoms with van der Waals surface area (Å²) in [6.07, 6.45) is 1.55. The molecule has 2 aromatic rings. The van der Waals surface area contributed by atoms with E-state index >= 15 is 0 Å². The van der Waals surface area contributed by atoms with E-state index in [1.807, 2.05) is 24.3 Å². The summed E-state index contributed by atoms with van der Waals surface area (Å²) in [6.45, 7) is 0. The van der Waals surface area contributed by atoms with Gasteiger partial charge in [-0.15, -0.1) is 0 Å². The van der Waals surface area contributed by atoms with Crippen LogP contribution in [0.4, 0.5) is 0 Å². The van der Waals surface area contributed by atoms with Gasteiger partial charge in [-0.2, -0.15) is 0 Å². The molecule has 0 saturated carbocycles. The first-order valence-electron chi connectivity index (χ1n) is 6.25. The van der Waals surface area contributed by atoms with Gasteiger partial charge < -0.3 is 5.11 Å². The van der Waals surface area contributed by atoms with E-state index in [9.17, 15) is 5.11 Å². The van der Waals surface area contributed by atoms with Crippen molar-refractivity contribution in [2.75, 3.05) is 0 Å². The normalized spacial score (nSPS) is 18.9. The smallest absolute Gasteiger partial charge is 0.0796 e. The Hall–Kier alpha value is -1.12. The monoisotopic (exact) mass is 302 g/mol. The molecule has 18 heavy (non-hydrogen) atoms. The van der Waals surface area contributed by atoms with Gasteiger partial charge in [-0.3, -0.25) is 0 Å². The Morgan fingerprint density at radius 3 is 2.56 bits per heavy atom. The lowest BCUT2D eigenvalue weighted by Crippen LogP contribution is -2.19. The maximum Gasteiger partial charge on any atom is 0.0796 e. The minimum Gasteiger partial charge on any atom is -0.388 e. The second kappa shape index (κ2) is 4.87. The fourth-order valence-corrected chi connectivity index (χ4v) is 2.93. The van der Waals surface area contributed by atoms with Gasteiger partial charge in [-0.1, -0.05) is 52.3 Å². The molecule has 0 aromatic heterocycles. The van der Waals surface area contributed by atoms with Gasteiger partial charge in [0.1, 0.15) is 0 Å². The molecule has 0 saturated heterocycles. The maximum atomic E-state index is 10.3. The third kappa shape index (κ3) is 2.23. The summed E-state index contributed by atoms with van der Waals surface area (Å²) >= 11 is 3.41. The van der Waals surface area contributed by atoms with E-state index in [0.29, 0.717) is 5.92 Å². The van der Waals surface area contributed by atoms with E-state index in [0.717, 1.165) is 22.9 Å². The molecule has 2 unspecified atom stereocenters. The van der Waals surface area contributed by atoms with Crippen LogP contribution in [0, 0.1) is 0 Å². The predicted molar refractivity (Wildman–Crippen MR) is 76.6 cm³/mol. The second-order valence-corrected chi connectivity index (χ2v) is 5.82. The summed E-state index contributed by atoms with van der Waals surface area (Å²) in [5.74, 6) is 0.514. The molecule has 2 atom stereocenters. The number of rotatable bonds is 3. The van der Waals surface area contributed by atoms with Crippen LogP contribution >= 0.6 is 15.9 Å². The first-order valence-corrected chi connectivity index (χ1v) is 7.04. The zero-order valence-electron chi connectivity index (χ0n) is 10.0. The second-order valence-electron chi connectivity index (χ2n) is 4.90. The zero-order valence-corrected chi connectivity index (χ0v) is 11.6. The van der Waals surface area contributed by atoms with Gasteiger partial charge in [0, 0.05) is 4.47 Å². The molecule has 0 radical (unpaired) electrons. The Bertz CT molecular complexity index is 547. The van der Waals surface area contributed by atoms with Crippen LogP contribution in [0.3, 0.4) is 0 Å². The summed E-state index contributed by atoms with van der Waals surface area (Å²) in [6, 6.07) is 16.5. The topological polar surface area (TPSA) is 20.2 Å². The summed E-state index contributed by atoms with van der Waals surface area (Å²) in [5, 5.41) is 10.3. The van der Waals surface area contributed by atoms with Crippen molar-refractivity contribution in [1.82, 2.24) is 0 Å². The van der Waals surface area contributed by atoms with E-state index in [1.54, 1.807) is 0 Å². The van der Waals surface area contributed by atoms with Gasteiger partial charge in [-0.05, 0) is 47.6 Å². The Balaban J connectivity index is 1.70. The molecule has 0 bridgehead atoms. The first kappa shape index (κ1) is 11.9. The quantitative estimate of drug-likeness (QED) is 0.900. The lowest BCUT2D eigenvalue weighted by Gasteiger charge is -2.31. The van der Waals surface area contributed by atoms with Crippen LogP contribution in [-0.2, 0) is 6.42 Å². The summed E-state index contributed by atoms with van der Waals surface area (Å²) in [5.41, 5.74) is 3.85. The molecule has 1 aliphatic carbocycles. The van der Waals surface area contributed by atoms with Crippen molar-refractivity contribution in [2.45, 2.75) is 24.9 Å². The van der Waals surface area contributed by atoms with Crippen LogP contribution in [0.2, 0.25) is 0 Å². The molecule has 2 aromatic carbocycles. The van der Waals surface area contributed by atoms with Crippen LogP contribution in [0.25, 0.3) is 0 Å². The molecule has 0 fully saturated rings. The Kier molecular flexibility index (Phi) is 3.23. The van der Waals surface area contributed by atoms with Crippen molar-refractivity contribution in [3.05, 3.63) is 69.7 Å². The fraction of sp³-hybridized carbons (Fsp3) is 0.250. The van der Waals surface area contributed by atoms with Gasteiger partial charge in [0.15, 0.2) is 0 Å². The molecule has 0 heterocycles. The third-order valence-electron chi connectivity index (χ3n) is 3.72. The van der Waals surface area contributed by atoms with Crippen molar-refractivity contribution in [2.24, 2.45) is 0 Å². The Labute approximate surface area is 116 Å². The molecule has 3 rings (SSSR count). The van der Waals surface area contributed by atoms with Gasteiger partial charge >= 0.3 is 0 Å². The molecule has 2 heteroatoms.